The molecule has 1 atom stereocenters. The largest absolute Gasteiger partial charge is 0.401 e. The summed E-state index contributed by atoms with van der Waals surface area (Å²) in [6, 6.07) is 0.948. The second kappa shape index (κ2) is 5.14. The van der Waals surface area contributed by atoms with Crippen LogP contribution in [0, 0.1) is 5.92 Å². The van der Waals surface area contributed by atoms with E-state index in [1.165, 1.54) is 17.7 Å². The Labute approximate surface area is 101 Å². The lowest BCUT2D eigenvalue weighted by atomic mass is 10.0. The van der Waals surface area contributed by atoms with Gasteiger partial charge in [-0.25, -0.2) is 0 Å². The predicted molar refractivity (Wildman–Crippen MR) is 60.8 cm³/mol. The van der Waals surface area contributed by atoms with Crippen molar-refractivity contribution >= 4 is 0 Å². The normalized spacial score (nSPS) is 26.1. The highest BCUT2D eigenvalue weighted by Crippen LogP contribution is 2.33. The minimum atomic E-state index is -4.05. The summed E-state index contributed by atoms with van der Waals surface area (Å²) in [4.78, 5) is 1.51. The molecule has 2 rings (SSSR count). The zero-order chi connectivity index (χ0) is 12.5. The predicted octanol–water partition coefficient (Wildman–Crippen LogP) is 2.40. The Morgan fingerprint density at radius 2 is 1.76 bits per heavy atom. The molecule has 1 unspecified atom stereocenters. The molecule has 1 aliphatic carbocycles. The minimum absolute atomic E-state index is 0.412. The van der Waals surface area contributed by atoms with E-state index in [0.717, 1.165) is 18.8 Å². The van der Waals surface area contributed by atoms with Crippen LogP contribution in [-0.4, -0.2) is 42.8 Å². The average molecular weight is 250 g/mol. The number of hydrogen-bond donors (Lipinski definition) is 1. The van der Waals surface area contributed by atoms with Gasteiger partial charge >= 0.3 is 6.18 Å². The zero-order valence-electron chi connectivity index (χ0n) is 10.3. The van der Waals surface area contributed by atoms with E-state index < -0.39 is 12.7 Å². The first-order chi connectivity index (χ1) is 7.94. The van der Waals surface area contributed by atoms with Gasteiger partial charge in [-0.1, -0.05) is 0 Å². The Kier molecular flexibility index (Phi) is 3.98. The number of likely N-dealkylation sites (tertiary alicyclic amines) is 1. The first-order valence-corrected chi connectivity index (χ1v) is 6.49. The van der Waals surface area contributed by atoms with Crippen molar-refractivity contribution in [3.8, 4) is 0 Å². The Balaban J connectivity index is 1.66. The van der Waals surface area contributed by atoms with Gasteiger partial charge in [-0.15, -0.1) is 0 Å². The lowest BCUT2D eigenvalue weighted by Gasteiger charge is -2.34. The molecule has 1 heterocycles. The van der Waals surface area contributed by atoms with Crippen LogP contribution in [-0.2, 0) is 0 Å². The molecule has 0 aromatic rings. The maximum atomic E-state index is 12.2. The fourth-order valence-corrected chi connectivity index (χ4v) is 2.62. The van der Waals surface area contributed by atoms with Crippen LogP contribution >= 0.6 is 0 Å². The molecule has 17 heavy (non-hydrogen) atoms. The Hall–Kier alpha value is -0.290. The monoisotopic (exact) mass is 250 g/mol. The lowest BCUT2D eigenvalue weighted by molar-refractivity contribution is -0.148. The summed E-state index contributed by atoms with van der Waals surface area (Å²) in [5.41, 5.74) is 0. The van der Waals surface area contributed by atoms with E-state index in [2.05, 4.69) is 12.2 Å². The van der Waals surface area contributed by atoms with E-state index in [1.54, 1.807) is 0 Å². The van der Waals surface area contributed by atoms with Crippen molar-refractivity contribution in [1.29, 1.82) is 0 Å². The van der Waals surface area contributed by atoms with Crippen molar-refractivity contribution in [2.45, 2.75) is 50.9 Å². The number of halogens is 3. The molecule has 5 heteroatoms. The number of hydrogen-bond acceptors (Lipinski definition) is 2. The zero-order valence-corrected chi connectivity index (χ0v) is 10.3. The SMILES string of the molecule is CC(NC1CCN(CC(F)(F)F)CC1)C1CC1. The van der Waals surface area contributed by atoms with E-state index in [9.17, 15) is 13.2 Å². The van der Waals surface area contributed by atoms with Crippen molar-refractivity contribution in [3.05, 3.63) is 0 Å². The van der Waals surface area contributed by atoms with Gasteiger partial charge in [-0.3, -0.25) is 4.90 Å². The number of alkyl halides is 3. The fraction of sp³-hybridized carbons (Fsp3) is 1.00. The van der Waals surface area contributed by atoms with E-state index in [-0.39, 0.29) is 0 Å². The Morgan fingerprint density at radius 3 is 2.24 bits per heavy atom. The molecule has 1 saturated carbocycles. The van der Waals surface area contributed by atoms with Gasteiger partial charge in [0, 0.05) is 12.1 Å². The highest BCUT2D eigenvalue weighted by Gasteiger charge is 2.34. The van der Waals surface area contributed by atoms with Gasteiger partial charge in [0.25, 0.3) is 0 Å². The van der Waals surface area contributed by atoms with Crippen LogP contribution in [0.2, 0.25) is 0 Å². The standard InChI is InChI=1S/C12H21F3N2/c1-9(10-2-3-10)16-11-4-6-17(7-5-11)8-12(13,14)15/h9-11,16H,2-8H2,1H3. The van der Waals surface area contributed by atoms with E-state index in [4.69, 9.17) is 0 Å². The van der Waals surface area contributed by atoms with Gasteiger partial charge in [-0.2, -0.15) is 13.2 Å². The van der Waals surface area contributed by atoms with Gasteiger partial charge in [0.05, 0.1) is 6.54 Å². The molecule has 100 valence electrons. The number of nitrogens with zero attached hydrogens (tertiary/aromatic N) is 1. The molecule has 1 saturated heterocycles. The summed E-state index contributed by atoms with van der Waals surface area (Å²) in [6.45, 7) is 2.57. The maximum absolute atomic E-state index is 12.2. The molecule has 0 spiro atoms. The van der Waals surface area contributed by atoms with Crippen molar-refractivity contribution in [1.82, 2.24) is 10.2 Å². The minimum Gasteiger partial charge on any atom is -0.311 e. The van der Waals surface area contributed by atoms with Crippen LogP contribution < -0.4 is 5.32 Å². The van der Waals surface area contributed by atoms with Gasteiger partial charge in [0.15, 0.2) is 0 Å². The summed E-state index contributed by atoms with van der Waals surface area (Å²) in [7, 11) is 0. The Morgan fingerprint density at radius 1 is 1.18 bits per heavy atom. The highest BCUT2D eigenvalue weighted by atomic mass is 19.4. The van der Waals surface area contributed by atoms with Crippen LogP contribution in [0.1, 0.15) is 32.6 Å². The summed E-state index contributed by atoms with van der Waals surface area (Å²) in [5.74, 6) is 0.809. The molecule has 1 N–H and O–H groups in total. The highest BCUT2D eigenvalue weighted by molar-refractivity contribution is 4.87. The van der Waals surface area contributed by atoms with Crippen LogP contribution in [0.3, 0.4) is 0 Å². The summed E-state index contributed by atoms with van der Waals surface area (Å²) >= 11 is 0. The molecule has 0 bridgehead atoms. The molecule has 2 aliphatic rings. The number of rotatable bonds is 4. The third kappa shape index (κ3) is 4.47. The van der Waals surface area contributed by atoms with Gasteiger partial charge < -0.3 is 5.32 Å². The van der Waals surface area contributed by atoms with E-state index in [0.29, 0.717) is 25.2 Å². The lowest BCUT2D eigenvalue weighted by Crippen LogP contribution is -2.48. The van der Waals surface area contributed by atoms with E-state index >= 15 is 0 Å². The molecular weight excluding hydrogens is 229 g/mol. The molecule has 0 aromatic carbocycles. The average Bonchev–Trinajstić information content (AvgIpc) is 3.02. The second-order valence-corrected chi connectivity index (χ2v) is 5.46. The summed E-state index contributed by atoms with van der Waals surface area (Å²) < 4.78 is 36.6. The summed E-state index contributed by atoms with van der Waals surface area (Å²) in [5, 5.41) is 3.56. The molecule has 0 amide bonds. The first-order valence-electron chi connectivity index (χ1n) is 6.49. The van der Waals surface area contributed by atoms with Crippen molar-refractivity contribution in [2.75, 3.05) is 19.6 Å². The third-order valence-electron chi connectivity index (χ3n) is 3.82. The smallest absolute Gasteiger partial charge is 0.311 e. The van der Waals surface area contributed by atoms with Crippen LogP contribution in [0.5, 0.6) is 0 Å². The van der Waals surface area contributed by atoms with E-state index in [1.807, 2.05) is 0 Å². The first kappa shape index (κ1) is 13.1. The topological polar surface area (TPSA) is 15.3 Å². The maximum Gasteiger partial charge on any atom is 0.401 e. The molecule has 0 aromatic heterocycles. The molecular formula is C12H21F3N2. The number of piperidine rings is 1. The van der Waals surface area contributed by atoms with Crippen molar-refractivity contribution < 1.29 is 13.2 Å². The Bertz CT molecular complexity index is 243. The molecule has 2 fully saturated rings. The van der Waals surface area contributed by atoms with Crippen LogP contribution in [0.15, 0.2) is 0 Å². The molecule has 2 nitrogen and oxygen atoms in total. The van der Waals surface area contributed by atoms with Crippen LogP contribution in [0.4, 0.5) is 13.2 Å². The van der Waals surface area contributed by atoms with Crippen molar-refractivity contribution in [3.63, 3.8) is 0 Å². The van der Waals surface area contributed by atoms with Gasteiger partial charge in [0.1, 0.15) is 0 Å². The quantitative estimate of drug-likeness (QED) is 0.824. The fourth-order valence-electron chi connectivity index (χ4n) is 2.62. The van der Waals surface area contributed by atoms with Gasteiger partial charge in [-0.05, 0) is 51.6 Å². The second-order valence-electron chi connectivity index (χ2n) is 5.46. The van der Waals surface area contributed by atoms with Gasteiger partial charge in [0.2, 0.25) is 0 Å². The number of nitrogens with one attached hydrogen (secondary N) is 1. The molecule has 0 radical (unpaired) electrons. The van der Waals surface area contributed by atoms with Crippen molar-refractivity contribution in [2.24, 2.45) is 5.92 Å². The van der Waals surface area contributed by atoms with Crippen LogP contribution in [0.25, 0.3) is 0 Å². The third-order valence-corrected chi connectivity index (χ3v) is 3.82. The summed E-state index contributed by atoms with van der Waals surface area (Å²) in [6.07, 6.45) is 0.240. The molecule has 1 aliphatic heterocycles.